The summed E-state index contributed by atoms with van der Waals surface area (Å²) in [5.41, 5.74) is 0.963. The lowest BCUT2D eigenvalue weighted by Gasteiger charge is -2.33. The van der Waals surface area contributed by atoms with Gasteiger partial charge in [0.05, 0.1) is 6.42 Å². The van der Waals surface area contributed by atoms with Crippen LogP contribution in [-0.4, -0.2) is 71.2 Å². The Labute approximate surface area is 225 Å². The van der Waals surface area contributed by atoms with Gasteiger partial charge in [0, 0.05) is 32.6 Å². The molecule has 0 saturated carbocycles. The van der Waals surface area contributed by atoms with Crippen molar-refractivity contribution in [3.05, 3.63) is 77.1 Å². The van der Waals surface area contributed by atoms with Crippen molar-refractivity contribution in [2.45, 2.75) is 56.3 Å². The molecule has 0 aliphatic carbocycles. The standard InChI is InChI=1S/C28H29F2N5O4/c1-17(32-25(38)27(2,29)30)23(36)34(4)21(14-18-10-6-5-7-11-18)24(37)35-16-28(15-22(35)31-3)19-12-8-9-13-20(19)33-26(28)39/h5-13,17,21-22H,14-16H2,1-2,4H3,(H,32,38)(H,33,39)/t17-,21-,22-,28-/m0/s1. The Kier molecular flexibility index (Phi) is 7.41. The summed E-state index contributed by atoms with van der Waals surface area (Å²) in [5, 5.41) is 4.84. The van der Waals surface area contributed by atoms with Crippen LogP contribution in [-0.2, 0) is 31.0 Å². The highest BCUT2D eigenvalue weighted by atomic mass is 19.3. The van der Waals surface area contributed by atoms with E-state index in [4.69, 9.17) is 6.57 Å². The predicted octanol–water partition coefficient (Wildman–Crippen LogP) is 2.58. The van der Waals surface area contributed by atoms with E-state index in [1.807, 2.05) is 5.32 Å². The highest BCUT2D eigenvalue weighted by molar-refractivity contribution is 6.07. The number of benzene rings is 2. The van der Waals surface area contributed by atoms with Crippen LogP contribution >= 0.6 is 0 Å². The van der Waals surface area contributed by atoms with Crippen molar-refractivity contribution >= 4 is 29.3 Å². The largest absolute Gasteiger partial charge is 0.339 e. The zero-order valence-electron chi connectivity index (χ0n) is 21.8. The molecular weight excluding hydrogens is 508 g/mol. The first-order valence-electron chi connectivity index (χ1n) is 12.5. The summed E-state index contributed by atoms with van der Waals surface area (Å²) >= 11 is 0. The molecule has 39 heavy (non-hydrogen) atoms. The third-order valence-corrected chi connectivity index (χ3v) is 7.38. The van der Waals surface area contributed by atoms with Gasteiger partial charge in [0.2, 0.25) is 11.8 Å². The molecule has 0 aromatic heterocycles. The maximum atomic E-state index is 14.1. The number of carbonyl (C=O) groups excluding carboxylic acids is 4. The minimum Gasteiger partial charge on any atom is -0.339 e. The Morgan fingerprint density at radius 2 is 1.85 bits per heavy atom. The summed E-state index contributed by atoms with van der Waals surface area (Å²) in [4.78, 5) is 58.3. The molecule has 2 aromatic rings. The van der Waals surface area contributed by atoms with Crippen molar-refractivity contribution in [1.29, 1.82) is 0 Å². The highest BCUT2D eigenvalue weighted by Gasteiger charge is 2.59. The van der Waals surface area contributed by atoms with Crippen LogP contribution in [0.25, 0.3) is 4.85 Å². The van der Waals surface area contributed by atoms with Crippen LogP contribution in [0, 0.1) is 6.57 Å². The highest BCUT2D eigenvalue weighted by Crippen LogP contribution is 2.46. The van der Waals surface area contributed by atoms with Crippen molar-refractivity contribution < 1.29 is 28.0 Å². The number of hydrogen-bond acceptors (Lipinski definition) is 4. The molecule has 4 atom stereocenters. The van der Waals surface area contributed by atoms with Crippen LogP contribution in [0.3, 0.4) is 0 Å². The second-order valence-electron chi connectivity index (χ2n) is 10.1. The summed E-state index contributed by atoms with van der Waals surface area (Å²) in [5.74, 6) is -6.89. The minimum atomic E-state index is -3.68. The second-order valence-corrected chi connectivity index (χ2v) is 10.1. The van der Waals surface area contributed by atoms with E-state index in [9.17, 15) is 28.0 Å². The van der Waals surface area contributed by atoms with E-state index in [0.29, 0.717) is 18.2 Å². The Morgan fingerprint density at radius 1 is 1.21 bits per heavy atom. The third-order valence-electron chi connectivity index (χ3n) is 7.38. The molecule has 0 bridgehead atoms. The van der Waals surface area contributed by atoms with Crippen LogP contribution in [0.2, 0.25) is 0 Å². The molecule has 1 spiro atoms. The number of likely N-dealkylation sites (N-methyl/N-ethyl adjacent to an activating group) is 1. The molecule has 9 nitrogen and oxygen atoms in total. The van der Waals surface area contributed by atoms with E-state index in [-0.39, 0.29) is 25.3 Å². The fraction of sp³-hybridized carbons (Fsp3) is 0.393. The van der Waals surface area contributed by atoms with Gasteiger partial charge in [-0.15, -0.1) is 0 Å². The van der Waals surface area contributed by atoms with Crippen molar-refractivity contribution in [3.8, 4) is 0 Å². The van der Waals surface area contributed by atoms with Gasteiger partial charge in [-0.3, -0.25) is 28.9 Å². The summed E-state index contributed by atoms with van der Waals surface area (Å²) in [7, 11) is 1.36. The van der Waals surface area contributed by atoms with Crippen molar-refractivity contribution in [3.63, 3.8) is 0 Å². The molecule has 2 N–H and O–H groups in total. The minimum absolute atomic E-state index is 0.0522. The lowest BCUT2D eigenvalue weighted by molar-refractivity contribution is -0.149. The normalized spacial score (nSPS) is 21.5. The number of amides is 4. The smallest absolute Gasteiger partial charge is 0.321 e. The van der Waals surface area contributed by atoms with Gasteiger partial charge in [-0.25, -0.2) is 6.57 Å². The summed E-state index contributed by atoms with van der Waals surface area (Å²) in [6, 6.07) is 13.6. The molecule has 1 fully saturated rings. The quantitative estimate of drug-likeness (QED) is 0.530. The summed E-state index contributed by atoms with van der Waals surface area (Å²) in [6.07, 6.45) is -0.783. The molecule has 0 unspecified atom stereocenters. The van der Waals surface area contributed by atoms with Gasteiger partial charge in [-0.1, -0.05) is 48.5 Å². The number of hydrogen-bond donors (Lipinski definition) is 2. The van der Waals surface area contributed by atoms with Gasteiger partial charge in [0.1, 0.15) is 17.5 Å². The van der Waals surface area contributed by atoms with Crippen LogP contribution in [0.5, 0.6) is 0 Å². The average Bonchev–Trinajstić information content (AvgIpc) is 3.44. The van der Waals surface area contributed by atoms with Gasteiger partial charge >= 0.3 is 12.1 Å². The number of para-hydroxylation sites is 1. The molecule has 1 saturated heterocycles. The number of alkyl halides is 2. The van der Waals surface area contributed by atoms with Gasteiger partial charge in [0.15, 0.2) is 0 Å². The lowest BCUT2D eigenvalue weighted by atomic mass is 9.80. The summed E-state index contributed by atoms with van der Waals surface area (Å²) in [6.45, 7) is 9.42. The number of likely N-dealkylation sites (tertiary alicyclic amines) is 1. The number of nitrogens with zero attached hydrogens (tertiary/aromatic N) is 3. The van der Waals surface area contributed by atoms with E-state index in [2.05, 4.69) is 10.2 Å². The van der Waals surface area contributed by atoms with Crippen LogP contribution in [0.1, 0.15) is 31.4 Å². The first-order chi connectivity index (χ1) is 18.4. The number of fused-ring (bicyclic) bond motifs is 2. The fourth-order valence-electron chi connectivity index (χ4n) is 5.22. The average molecular weight is 538 g/mol. The molecule has 2 aromatic carbocycles. The fourth-order valence-corrected chi connectivity index (χ4v) is 5.22. The number of anilines is 1. The van der Waals surface area contributed by atoms with Gasteiger partial charge in [-0.2, -0.15) is 8.78 Å². The van der Waals surface area contributed by atoms with E-state index in [0.717, 1.165) is 10.5 Å². The Hall–Kier alpha value is -4.33. The first kappa shape index (κ1) is 27.7. The monoisotopic (exact) mass is 537 g/mol. The van der Waals surface area contributed by atoms with Gasteiger partial charge in [0.25, 0.3) is 11.8 Å². The van der Waals surface area contributed by atoms with E-state index >= 15 is 0 Å². The number of halogens is 2. The molecule has 2 aliphatic heterocycles. The molecule has 2 heterocycles. The first-order valence-corrected chi connectivity index (χ1v) is 12.5. The van der Waals surface area contributed by atoms with E-state index in [1.165, 1.54) is 18.9 Å². The van der Waals surface area contributed by atoms with Crippen molar-refractivity contribution in [2.24, 2.45) is 0 Å². The molecule has 11 heteroatoms. The zero-order chi connectivity index (χ0) is 28.5. The van der Waals surface area contributed by atoms with Crippen LogP contribution in [0.15, 0.2) is 54.6 Å². The Bertz CT molecular complexity index is 1340. The van der Waals surface area contributed by atoms with Crippen LogP contribution in [0.4, 0.5) is 14.5 Å². The SMILES string of the molecule is [C-]#[N+][C@@H]1C[C@@]2(CN1C(=O)[C@H](Cc1ccccc1)N(C)C(=O)[C@H](C)NC(=O)C(C)(F)F)C(=O)Nc1ccccc12. The molecule has 0 radical (unpaired) electrons. The second kappa shape index (κ2) is 10.4. The maximum absolute atomic E-state index is 14.1. The molecule has 2 aliphatic rings. The van der Waals surface area contributed by atoms with Crippen LogP contribution < -0.4 is 10.6 Å². The van der Waals surface area contributed by atoms with E-state index < -0.39 is 47.3 Å². The zero-order valence-corrected chi connectivity index (χ0v) is 21.8. The van der Waals surface area contributed by atoms with Crippen molar-refractivity contribution in [1.82, 2.24) is 15.1 Å². The lowest BCUT2D eigenvalue weighted by Crippen LogP contribution is -2.56. The summed E-state index contributed by atoms with van der Waals surface area (Å²) < 4.78 is 26.9. The Morgan fingerprint density at radius 3 is 2.49 bits per heavy atom. The maximum Gasteiger partial charge on any atom is 0.321 e. The van der Waals surface area contributed by atoms with Gasteiger partial charge < -0.3 is 15.5 Å². The molecular formula is C28H29F2N5O4. The van der Waals surface area contributed by atoms with Crippen molar-refractivity contribution in [2.75, 3.05) is 18.9 Å². The third kappa shape index (κ3) is 5.19. The Balaban J connectivity index is 1.64. The number of rotatable bonds is 7. The number of nitrogens with one attached hydrogen (secondary N) is 2. The number of carbonyl (C=O) groups is 4. The molecule has 204 valence electrons. The predicted molar refractivity (Wildman–Crippen MR) is 138 cm³/mol. The molecule has 4 amide bonds. The van der Waals surface area contributed by atoms with E-state index in [1.54, 1.807) is 54.6 Å². The molecule has 4 rings (SSSR count). The topological polar surface area (TPSA) is 103 Å². The van der Waals surface area contributed by atoms with Gasteiger partial charge in [-0.05, 0) is 24.1 Å².